The SMILES string of the molecule is CC(C)NCCCN1CCC(OC2CCN(C(C)C)CC2)CC1. The number of nitrogens with one attached hydrogen (secondary N) is 1. The van der Waals surface area contributed by atoms with E-state index < -0.39 is 0 Å². The third kappa shape index (κ3) is 7.08. The Balaban J connectivity index is 1.55. The Bertz CT molecular complexity index is 306. The number of nitrogens with zero attached hydrogens (tertiary/aromatic N) is 2. The van der Waals surface area contributed by atoms with E-state index in [0.29, 0.717) is 24.3 Å². The van der Waals surface area contributed by atoms with Crippen molar-refractivity contribution in [3.05, 3.63) is 0 Å². The van der Waals surface area contributed by atoms with Crippen LogP contribution in [0.4, 0.5) is 0 Å². The fourth-order valence-corrected chi connectivity index (χ4v) is 3.76. The van der Waals surface area contributed by atoms with E-state index in [-0.39, 0.29) is 0 Å². The van der Waals surface area contributed by atoms with Gasteiger partial charge in [0.15, 0.2) is 0 Å². The van der Waals surface area contributed by atoms with Crippen molar-refractivity contribution in [1.29, 1.82) is 0 Å². The molecule has 0 aliphatic carbocycles. The van der Waals surface area contributed by atoms with Crippen LogP contribution < -0.4 is 5.32 Å². The molecule has 0 saturated carbocycles. The molecule has 23 heavy (non-hydrogen) atoms. The Kier molecular flexibility index (Phi) is 8.31. The first-order chi connectivity index (χ1) is 11.0. The molecule has 0 amide bonds. The summed E-state index contributed by atoms with van der Waals surface area (Å²) < 4.78 is 6.40. The van der Waals surface area contributed by atoms with E-state index in [4.69, 9.17) is 4.74 Å². The van der Waals surface area contributed by atoms with Gasteiger partial charge in [-0.1, -0.05) is 13.8 Å². The number of hydrogen-bond donors (Lipinski definition) is 1. The molecule has 2 aliphatic heterocycles. The zero-order valence-corrected chi connectivity index (χ0v) is 15.9. The van der Waals surface area contributed by atoms with E-state index in [0.717, 1.165) is 6.54 Å². The highest BCUT2D eigenvalue weighted by Gasteiger charge is 2.26. The molecule has 1 N–H and O–H groups in total. The topological polar surface area (TPSA) is 27.7 Å². The second-order valence-corrected chi connectivity index (χ2v) is 7.97. The molecule has 2 saturated heterocycles. The predicted molar refractivity (Wildman–Crippen MR) is 98.0 cm³/mol. The summed E-state index contributed by atoms with van der Waals surface area (Å²) in [5.41, 5.74) is 0. The molecule has 0 unspecified atom stereocenters. The lowest BCUT2D eigenvalue weighted by Gasteiger charge is -2.38. The van der Waals surface area contributed by atoms with Crippen molar-refractivity contribution < 1.29 is 4.74 Å². The molecule has 0 aromatic heterocycles. The van der Waals surface area contributed by atoms with Crippen molar-refractivity contribution in [2.45, 2.75) is 84.1 Å². The molecule has 4 heteroatoms. The summed E-state index contributed by atoms with van der Waals surface area (Å²) in [5.74, 6) is 0. The molecule has 136 valence electrons. The van der Waals surface area contributed by atoms with E-state index in [1.807, 2.05) is 0 Å². The molecule has 2 heterocycles. The molecule has 0 aromatic rings. The second kappa shape index (κ2) is 9.97. The van der Waals surface area contributed by atoms with Gasteiger partial charge in [-0.25, -0.2) is 0 Å². The van der Waals surface area contributed by atoms with E-state index in [1.54, 1.807) is 0 Å². The van der Waals surface area contributed by atoms with Gasteiger partial charge in [-0.3, -0.25) is 0 Å². The minimum Gasteiger partial charge on any atom is -0.375 e. The molecule has 0 radical (unpaired) electrons. The van der Waals surface area contributed by atoms with Gasteiger partial charge in [-0.15, -0.1) is 0 Å². The van der Waals surface area contributed by atoms with Crippen molar-refractivity contribution >= 4 is 0 Å². The highest BCUT2D eigenvalue weighted by atomic mass is 16.5. The van der Waals surface area contributed by atoms with Crippen LogP contribution in [0.1, 0.15) is 59.8 Å². The summed E-state index contributed by atoms with van der Waals surface area (Å²) in [4.78, 5) is 5.19. The number of ether oxygens (including phenoxy) is 1. The monoisotopic (exact) mass is 325 g/mol. The largest absolute Gasteiger partial charge is 0.375 e. The van der Waals surface area contributed by atoms with Gasteiger partial charge < -0.3 is 19.9 Å². The quantitative estimate of drug-likeness (QED) is 0.695. The Hall–Kier alpha value is -0.160. The summed E-state index contributed by atoms with van der Waals surface area (Å²) in [6.07, 6.45) is 7.17. The van der Waals surface area contributed by atoms with Crippen LogP contribution in [-0.2, 0) is 4.74 Å². The Morgan fingerprint density at radius 1 is 0.913 bits per heavy atom. The fourth-order valence-electron chi connectivity index (χ4n) is 3.76. The van der Waals surface area contributed by atoms with E-state index in [9.17, 15) is 0 Å². The van der Waals surface area contributed by atoms with Crippen LogP contribution in [0, 0.1) is 0 Å². The van der Waals surface area contributed by atoms with Gasteiger partial charge in [0.05, 0.1) is 12.2 Å². The highest BCUT2D eigenvalue weighted by Crippen LogP contribution is 2.21. The lowest BCUT2D eigenvalue weighted by Crippen LogP contribution is -2.44. The smallest absolute Gasteiger partial charge is 0.0603 e. The predicted octanol–water partition coefficient (Wildman–Crippen LogP) is 2.73. The average molecular weight is 326 g/mol. The normalized spacial score (nSPS) is 23.2. The Labute approximate surface area is 143 Å². The molecule has 0 spiro atoms. The molecule has 4 nitrogen and oxygen atoms in total. The molecule has 0 aromatic carbocycles. The molecule has 0 bridgehead atoms. The van der Waals surface area contributed by atoms with Crippen LogP contribution in [0.3, 0.4) is 0 Å². The third-order valence-corrected chi connectivity index (χ3v) is 5.33. The average Bonchev–Trinajstić information content (AvgIpc) is 2.53. The van der Waals surface area contributed by atoms with Gasteiger partial charge in [0, 0.05) is 38.3 Å². The van der Waals surface area contributed by atoms with Gasteiger partial charge >= 0.3 is 0 Å². The third-order valence-electron chi connectivity index (χ3n) is 5.33. The van der Waals surface area contributed by atoms with Crippen molar-refractivity contribution in [2.75, 3.05) is 39.3 Å². The van der Waals surface area contributed by atoms with Gasteiger partial charge in [-0.05, 0) is 59.0 Å². The highest BCUT2D eigenvalue weighted by molar-refractivity contribution is 4.78. The zero-order chi connectivity index (χ0) is 16.7. The molecule has 0 atom stereocenters. The zero-order valence-electron chi connectivity index (χ0n) is 15.9. The van der Waals surface area contributed by atoms with E-state index in [2.05, 4.69) is 42.8 Å². The number of rotatable bonds is 8. The minimum atomic E-state index is 0.510. The maximum atomic E-state index is 6.40. The molecule has 2 aliphatic rings. The van der Waals surface area contributed by atoms with Gasteiger partial charge in [-0.2, -0.15) is 0 Å². The second-order valence-electron chi connectivity index (χ2n) is 7.97. The number of piperidine rings is 2. The van der Waals surface area contributed by atoms with Crippen LogP contribution in [0.2, 0.25) is 0 Å². The first kappa shape index (κ1) is 19.2. The molecule has 2 fully saturated rings. The summed E-state index contributed by atoms with van der Waals surface area (Å²) in [6.45, 7) is 16.3. The maximum absolute atomic E-state index is 6.40. The Morgan fingerprint density at radius 2 is 1.48 bits per heavy atom. The summed E-state index contributed by atoms with van der Waals surface area (Å²) in [6, 6.07) is 1.29. The summed E-state index contributed by atoms with van der Waals surface area (Å²) >= 11 is 0. The lowest BCUT2D eigenvalue weighted by atomic mass is 10.0. The van der Waals surface area contributed by atoms with Gasteiger partial charge in [0.1, 0.15) is 0 Å². The van der Waals surface area contributed by atoms with E-state index >= 15 is 0 Å². The maximum Gasteiger partial charge on any atom is 0.0603 e. The minimum absolute atomic E-state index is 0.510. The summed E-state index contributed by atoms with van der Waals surface area (Å²) in [5, 5.41) is 3.50. The van der Waals surface area contributed by atoms with Crippen LogP contribution in [0.25, 0.3) is 0 Å². The van der Waals surface area contributed by atoms with Crippen molar-refractivity contribution in [3.8, 4) is 0 Å². The number of likely N-dealkylation sites (tertiary alicyclic amines) is 2. The summed E-state index contributed by atoms with van der Waals surface area (Å²) in [7, 11) is 0. The first-order valence-electron chi connectivity index (χ1n) is 9.90. The Morgan fingerprint density at radius 3 is 2.00 bits per heavy atom. The van der Waals surface area contributed by atoms with Gasteiger partial charge in [0.2, 0.25) is 0 Å². The first-order valence-corrected chi connectivity index (χ1v) is 9.90. The van der Waals surface area contributed by atoms with Gasteiger partial charge in [0.25, 0.3) is 0 Å². The van der Waals surface area contributed by atoms with Crippen molar-refractivity contribution in [1.82, 2.24) is 15.1 Å². The van der Waals surface area contributed by atoms with Crippen molar-refractivity contribution in [2.24, 2.45) is 0 Å². The number of hydrogen-bond acceptors (Lipinski definition) is 4. The molecule has 2 rings (SSSR count). The fraction of sp³-hybridized carbons (Fsp3) is 1.00. The lowest BCUT2D eigenvalue weighted by molar-refractivity contribution is -0.0674. The standard InChI is InChI=1S/C19H39N3O/c1-16(2)20-10-5-11-21-12-6-18(7-13-21)23-19-8-14-22(15-9-19)17(3)4/h16-20H,5-15H2,1-4H3. The van der Waals surface area contributed by atoms with Crippen molar-refractivity contribution in [3.63, 3.8) is 0 Å². The van der Waals surface area contributed by atoms with E-state index in [1.165, 1.54) is 64.8 Å². The van der Waals surface area contributed by atoms with Crippen LogP contribution >= 0.6 is 0 Å². The van der Waals surface area contributed by atoms with Crippen LogP contribution in [0.5, 0.6) is 0 Å². The van der Waals surface area contributed by atoms with Crippen LogP contribution in [-0.4, -0.2) is 73.4 Å². The van der Waals surface area contributed by atoms with Crippen LogP contribution in [0.15, 0.2) is 0 Å². The molecular weight excluding hydrogens is 286 g/mol. The molecular formula is C19H39N3O.